The molecule has 6 heteroatoms. The van der Waals surface area contributed by atoms with Gasteiger partial charge in [-0.2, -0.15) is 0 Å². The van der Waals surface area contributed by atoms with Crippen LogP contribution in [0.4, 0.5) is 10.5 Å². The Morgan fingerprint density at radius 3 is 2.56 bits per heavy atom. The van der Waals surface area contributed by atoms with Crippen molar-refractivity contribution in [3.63, 3.8) is 0 Å². The van der Waals surface area contributed by atoms with Crippen LogP contribution in [-0.2, 0) is 9.53 Å². The summed E-state index contributed by atoms with van der Waals surface area (Å²) in [5.41, 5.74) is 0.654. The number of halogens is 1. The summed E-state index contributed by atoms with van der Waals surface area (Å²) >= 11 is 6.00. The molecule has 5 nitrogen and oxygen atoms in total. The van der Waals surface area contributed by atoms with Crippen LogP contribution in [0.25, 0.3) is 0 Å². The zero-order valence-electron chi connectivity index (χ0n) is 15.0. The van der Waals surface area contributed by atoms with Gasteiger partial charge >= 0.3 is 12.0 Å². The molecule has 0 heterocycles. The first-order valence-electron chi connectivity index (χ1n) is 8.92. The molecule has 1 N–H and O–H groups in total. The molecular weight excluding hydrogens is 340 g/mol. The van der Waals surface area contributed by atoms with E-state index in [0.717, 1.165) is 25.7 Å². The minimum absolute atomic E-state index is 0.147. The average molecular weight is 367 g/mol. The number of amides is 2. The number of urea groups is 1. The fourth-order valence-corrected chi connectivity index (χ4v) is 3.49. The first-order valence-corrected chi connectivity index (χ1v) is 9.30. The van der Waals surface area contributed by atoms with Gasteiger partial charge in [-0.3, -0.25) is 4.79 Å². The van der Waals surface area contributed by atoms with Crippen LogP contribution in [-0.4, -0.2) is 36.6 Å². The Kier molecular flexibility index (Phi) is 7.56. The van der Waals surface area contributed by atoms with E-state index in [9.17, 15) is 9.59 Å². The van der Waals surface area contributed by atoms with E-state index >= 15 is 0 Å². The summed E-state index contributed by atoms with van der Waals surface area (Å²) in [4.78, 5) is 26.5. The van der Waals surface area contributed by atoms with Crippen LogP contribution in [0.1, 0.15) is 45.4 Å². The molecule has 0 bridgehead atoms. The largest absolute Gasteiger partial charge is 0.469 e. The lowest BCUT2D eigenvalue weighted by Crippen LogP contribution is -2.46. The van der Waals surface area contributed by atoms with Crippen molar-refractivity contribution in [3.8, 4) is 0 Å². The SMILES string of the molecule is COC(=O)C(C)CN(C(=O)Nc1cccc(Cl)c1)C1CCCCCC1. The van der Waals surface area contributed by atoms with Crippen molar-refractivity contribution in [2.45, 2.75) is 51.5 Å². The zero-order valence-corrected chi connectivity index (χ0v) is 15.7. The van der Waals surface area contributed by atoms with Gasteiger partial charge in [-0.15, -0.1) is 0 Å². The van der Waals surface area contributed by atoms with Crippen molar-refractivity contribution in [2.75, 3.05) is 19.0 Å². The fourth-order valence-electron chi connectivity index (χ4n) is 3.30. The maximum atomic E-state index is 12.9. The number of carbonyl (C=O) groups excluding carboxylic acids is 2. The van der Waals surface area contributed by atoms with Gasteiger partial charge in [0.15, 0.2) is 0 Å². The molecule has 2 amide bonds. The van der Waals surface area contributed by atoms with E-state index < -0.39 is 0 Å². The second kappa shape index (κ2) is 9.66. The van der Waals surface area contributed by atoms with E-state index in [1.54, 1.807) is 36.1 Å². The number of nitrogens with one attached hydrogen (secondary N) is 1. The number of hydrogen-bond acceptors (Lipinski definition) is 3. The molecule has 1 aromatic rings. The van der Waals surface area contributed by atoms with E-state index in [4.69, 9.17) is 16.3 Å². The molecule has 1 fully saturated rings. The first kappa shape index (κ1) is 19.6. The number of nitrogens with zero attached hydrogens (tertiary/aromatic N) is 1. The highest BCUT2D eigenvalue weighted by Crippen LogP contribution is 2.24. The van der Waals surface area contributed by atoms with Gasteiger partial charge in [0.25, 0.3) is 0 Å². The summed E-state index contributed by atoms with van der Waals surface area (Å²) in [7, 11) is 1.38. The Balaban J connectivity index is 2.13. The number of benzene rings is 1. The Labute approximate surface area is 154 Å². The van der Waals surface area contributed by atoms with Crippen molar-refractivity contribution < 1.29 is 14.3 Å². The highest BCUT2D eigenvalue weighted by Gasteiger charge is 2.28. The number of anilines is 1. The number of carbonyl (C=O) groups is 2. The minimum atomic E-state index is -0.363. The second-order valence-electron chi connectivity index (χ2n) is 6.66. The first-order chi connectivity index (χ1) is 12.0. The molecule has 25 heavy (non-hydrogen) atoms. The quantitative estimate of drug-likeness (QED) is 0.606. The molecule has 2 rings (SSSR count). The molecule has 0 spiro atoms. The van der Waals surface area contributed by atoms with E-state index in [0.29, 0.717) is 17.3 Å². The Morgan fingerprint density at radius 2 is 1.96 bits per heavy atom. The third-order valence-corrected chi connectivity index (χ3v) is 4.91. The number of methoxy groups -OCH3 is 1. The van der Waals surface area contributed by atoms with Crippen molar-refractivity contribution in [2.24, 2.45) is 5.92 Å². The summed E-state index contributed by atoms with van der Waals surface area (Å²) < 4.78 is 4.82. The van der Waals surface area contributed by atoms with Gasteiger partial charge in [-0.1, -0.05) is 50.3 Å². The monoisotopic (exact) mass is 366 g/mol. The summed E-state index contributed by atoms with van der Waals surface area (Å²) in [5, 5.41) is 3.48. The molecular formula is C19H27ClN2O3. The highest BCUT2D eigenvalue weighted by molar-refractivity contribution is 6.30. The maximum Gasteiger partial charge on any atom is 0.322 e. The van der Waals surface area contributed by atoms with Gasteiger partial charge in [-0.05, 0) is 31.0 Å². The van der Waals surface area contributed by atoms with Crippen molar-refractivity contribution in [1.82, 2.24) is 4.90 Å². The predicted molar refractivity (Wildman–Crippen MR) is 99.8 cm³/mol. The molecule has 0 aliphatic heterocycles. The molecule has 1 atom stereocenters. The topological polar surface area (TPSA) is 58.6 Å². The molecule has 1 unspecified atom stereocenters. The molecule has 0 radical (unpaired) electrons. The average Bonchev–Trinajstić information content (AvgIpc) is 2.87. The highest BCUT2D eigenvalue weighted by atomic mass is 35.5. The third-order valence-electron chi connectivity index (χ3n) is 4.68. The maximum absolute atomic E-state index is 12.9. The Morgan fingerprint density at radius 1 is 1.28 bits per heavy atom. The molecule has 1 aromatic carbocycles. The minimum Gasteiger partial charge on any atom is -0.469 e. The molecule has 1 saturated carbocycles. The second-order valence-corrected chi connectivity index (χ2v) is 7.10. The van der Waals surface area contributed by atoms with E-state index in [2.05, 4.69) is 5.32 Å². The van der Waals surface area contributed by atoms with Crippen LogP contribution in [0.3, 0.4) is 0 Å². The van der Waals surface area contributed by atoms with Gasteiger partial charge in [0, 0.05) is 23.3 Å². The van der Waals surface area contributed by atoms with Crippen LogP contribution in [0.2, 0.25) is 5.02 Å². The van der Waals surface area contributed by atoms with Crippen molar-refractivity contribution >= 4 is 29.3 Å². The Hall–Kier alpha value is -1.75. The molecule has 0 aromatic heterocycles. The van der Waals surface area contributed by atoms with Crippen LogP contribution in [0.15, 0.2) is 24.3 Å². The predicted octanol–water partition coefficient (Wildman–Crippen LogP) is 4.71. The lowest BCUT2D eigenvalue weighted by Gasteiger charge is -2.33. The van der Waals surface area contributed by atoms with E-state index in [-0.39, 0.29) is 24.0 Å². The standard InChI is InChI=1S/C19H27ClN2O3/c1-14(18(23)25-2)13-22(17-10-5-3-4-6-11-17)19(24)21-16-9-7-8-15(20)12-16/h7-9,12,14,17H,3-6,10-11,13H2,1-2H3,(H,21,24). The van der Waals surface area contributed by atoms with Gasteiger partial charge in [0.2, 0.25) is 0 Å². The van der Waals surface area contributed by atoms with Gasteiger partial charge < -0.3 is 15.0 Å². The molecule has 0 saturated heterocycles. The fraction of sp³-hybridized carbons (Fsp3) is 0.579. The summed E-state index contributed by atoms with van der Waals surface area (Å²) in [6.45, 7) is 2.14. The third kappa shape index (κ3) is 5.92. The summed E-state index contributed by atoms with van der Waals surface area (Å²) in [6.07, 6.45) is 6.56. The number of esters is 1. The van der Waals surface area contributed by atoms with Crippen LogP contribution in [0, 0.1) is 5.92 Å². The van der Waals surface area contributed by atoms with Crippen molar-refractivity contribution in [3.05, 3.63) is 29.3 Å². The summed E-state index contributed by atoms with van der Waals surface area (Å²) in [5.74, 6) is -0.660. The normalized spacial score (nSPS) is 16.6. The smallest absolute Gasteiger partial charge is 0.322 e. The molecule has 1 aliphatic carbocycles. The van der Waals surface area contributed by atoms with Crippen LogP contribution < -0.4 is 5.32 Å². The van der Waals surface area contributed by atoms with Crippen molar-refractivity contribution in [1.29, 1.82) is 0 Å². The number of ether oxygens (including phenoxy) is 1. The number of rotatable bonds is 5. The van der Waals surface area contributed by atoms with Gasteiger partial charge in [0.05, 0.1) is 13.0 Å². The van der Waals surface area contributed by atoms with Gasteiger partial charge in [0.1, 0.15) is 0 Å². The zero-order chi connectivity index (χ0) is 18.2. The lowest BCUT2D eigenvalue weighted by atomic mass is 10.0. The number of hydrogen-bond donors (Lipinski definition) is 1. The van der Waals surface area contributed by atoms with Crippen LogP contribution >= 0.6 is 11.6 Å². The van der Waals surface area contributed by atoms with E-state index in [1.165, 1.54) is 20.0 Å². The van der Waals surface area contributed by atoms with Gasteiger partial charge in [-0.25, -0.2) is 4.79 Å². The van der Waals surface area contributed by atoms with Crippen LogP contribution in [0.5, 0.6) is 0 Å². The lowest BCUT2D eigenvalue weighted by molar-refractivity contribution is -0.145. The van der Waals surface area contributed by atoms with E-state index in [1.807, 2.05) is 0 Å². The Bertz CT molecular complexity index is 586. The molecule has 138 valence electrons. The summed E-state index contributed by atoms with van der Waals surface area (Å²) in [6, 6.07) is 7.04. The molecule has 1 aliphatic rings.